The summed E-state index contributed by atoms with van der Waals surface area (Å²) in [5.74, 6) is 2.36. The summed E-state index contributed by atoms with van der Waals surface area (Å²) in [6, 6.07) is 17.7. The molecule has 0 saturated heterocycles. The third-order valence-electron chi connectivity index (χ3n) is 8.52. The normalized spacial score (nSPS) is 25.9. The molecule has 2 heterocycles. The van der Waals surface area contributed by atoms with Crippen molar-refractivity contribution in [2.45, 2.75) is 50.5 Å². The van der Waals surface area contributed by atoms with Crippen molar-refractivity contribution in [1.82, 2.24) is 24.5 Å². The van der Waals surface area contributed by atoms with E-state index in [4.69, 9.17) is 16.7 Å². The Morgan fingerprint density at radius 3 is 2.41 bits per heavy atom. The number of halogens is 1. The van der Waals surface area contributed by atoms with Crippen LogP contribution in [0.5, 0.6) is 0 Å². The Morgan fingerprint density at radius 2 is 1.70 bits per heavy atom. The molecule has 0 radical (unpaired) electrons. The molecule has 1 N–H and O–H groups in total. The summed E-state index contributed by atoms with van der Waals surface area (Å²) in [7, 11) is 0. The average Bonchev–Trinajstić information content (AvgIpc) is 3.52. The number of amides is 1. The van der Waals surface area contributed by atoms with Crippen molar-refractivity contribution in [3.63, 3.8) is 0 Å². The van der Waals surface area contributed by atoms with Gasteiger partial charge in [-0.15, -0.1) is 5.10 Å². The molecule has 37 heavy (non-hydrogen) atoms. The summed E-state index contributed by atoms with van der Waals surface area (Å²) in [5, 5.41) is 13.2. The summed E-state index contributed by atoms with van der Waals surface area (Å²) in [4.78, 5) is 18.1. The Hall–Kier alpha value is -3.45. The third-order valence-corrected chi connectivity index (χ3v) is 8.75. The van der Waals surface area contributed by atoms with Gasteiger partial charge in [0.05, 0.1) is 23.5 Å². The Bertz CT molecular complexity index is 1420. The van der Waals surface area contributed by atoms with Crippen LogP contribution in [-0.4, -0.2) is 30.5 Å². The van der Waals surface area contributed by atoms with Crippen molar-refractivity contribution in [2.75, 3.05) is 5.32 Å². The van der Waals surface area contributed by atoms with Crippen LogP contribution in [-0.2, 0) is 12.0 Å². The summed E-state index contributed by atoms with van der Waals surface area (Å²) >= 11 is 6.12. The predicted molar refractivity (Wildman–Crippen MR) is 142 cm³/mol. The highest BCUT2D eigenvalue weighted by Crippen LogP contribution is 2.60. The Morgan fingerprint density at radius 1 is 0.973 bits per heavy atom. The van der Waals surface area contributed by atoms with Gasteiger partial charge in [-0.1, -0.05) is 41.9 Å². The van der Waals surface area contributed by atoms with Crippen LogP contribution in [0.2, 0.25) is 5.02 Å². The minimum absolute atomic E-state index is 0.0131. The first-order valence-corrected chi connectivity index (χ1v) is 13.5. The molecule has 1 amide bonds. The van der Waals surface area contributed by atoms with Crippen LogP contribution in [0.25, 0.3) is 5.69 Å². The van der Waals surface area contributed by atoms with Crippen molar-refractivity contribution >= 4 is 23.5 Å². The standard InChI is InChI=1S/C29H29ClN6O/c30-23-6-4-5-19(12-23)16-35-18-31-28(34-35)32-27(37)25-17-36(24-7-2-1-3-8-24)33-26(25)29-13-20-9-21(14-29)11-22(10-20)15-29/h1-8,12,17-18,20-22H,9-11,13-16H2,(H,32,34,37). The lowest BCUT2D eigenvalue weighted by atomic mass is 9.48. The van der Waals surface area contributed by atoms with Crippen molar-refractivity contribution in [3.05, 3.63) is 89.0 Å². The molecule has 7 nitrogen and oxygen atoms in total. The van der Waals surface area contributed by atoms with E-state index in [2.05, 4.69) is 15.4 Å². The number of hydrogen-bond donors (Lipinski definition) is 1. The number of carbonyl (C=O) groups is 1. The second kappa shape index (κ2) is 8.84. The van der Waals surface area contributed by atoms with Gasteiger partial charge < -0.3 is 0 Å². The molecule has 4 aromatic rings. The molecule has 8 heteroatoms. The fourth-order valence-corrected chi connectivity index (χ4v) is 7.68. The van der Waals surface area contributed by atoms with Crippen molar-refractivity contribution in [3.8, 4) is 5.69 Å². The number of nitrogens with zero attached hydrogens (tertiary/aromatic N) is 5. The highest BCUT2D eigenvalue weighted by Gasteiger charge is 2.54. The number of anilines is 1. The quantitative estimate of drug-likeness (QED) is 0.349. The van der Waals surface area contributed by atoms with Gasteiger partial charge in [0.2, 0.25) is 5.95 Å². The lowest BCUT2D eigenvalue weighted by Crippen LogP contribution is -2.49. The number of para-hydroxylation sites is 1. The van der Waals surface area contributed by atoms with Crippen molar-refractivity contribution in [1.29, 1.82) is 0 Å². The van der Waals surface area contributed by atoms with E-state index in [1.807, 2.05) is 65.5 Å². The number of nitrogens with one attached hydrogen (secondary N) is 1. The van der Waals surface area contributed by atoms with Gasteiger partial charge in [-0.05, 0) is 86.1 Å². The molecule has 4 bridgehead atoms. The molecule has 4 fully saturated rings. The van der Waals surface area contributed by atoms with Crippen LogP contribution < -0.4 is 5.32 Å². The molecule has 2 aromatic heterocycles. The maximum atomic E-state index is 13.7. The lowest BCUT2D eigenvalue weighted by Gasteiger charge is -2.56. The van der Waals surface area contributed by atoms with Crippen LogP contribution >= 0.6 is 11.6 Å². The Kier molecular flexibility index (Phi) is 5.43. The van der Waals surface area contributed by atoms with Crippen LogP contribution in [0.3, 0.4) is 0 Å². The van der Waals surface area contributed by atoms with E-state index in [0.29, 0.717) is 17.1 Å². The Labute approximate surface area is 220 Å². The first-order valence-electron chi connectivity index (χ1n) is 13.1. The highest BCUT2D eigenvalue weighted by molar-refractivity contribution is 6.30. The van der Waals surface area contributed by atoms with E-state index in [9.17, 15) is 4.79 Å². The molecule has 0 atom stereocenters. The molecule has 0 aliphatic heterocycles. The van der Waals surface area contributed by atoms with E-state index < -0.39 is 0 Å². The maximum absolute atomic E-state index is 13.7. The van der Waals surface area contributed by atoms with Gasteiger partial charge in [0.1, 0.15) is 6.33 Å². The third kappa shape index (κ3) is 4.25. The fourth-order valence-electron chi connectivity index (χ4n) is 7.46. The summed E-state index contributed by atoms with van der Waals surface area (Å²) in [6.07, 6.45) is 11.0. The zero-order chi connectivity index (χ0) is 25.0. The second-order valence-corrected chi connectivity index (χ2v) is 11.7. The molecule has 4 aliphatic carbocycles. The van der Waals surface area contributed by atoms with E-state index in [1.165, 1.54) is 19.3 Å². The fraction of sp³-hybridized carbons (Fsp3) is 0.379. The number of rotatable bonds is 6. The molecule has 4 aliphatic rings. The largest absolute Gasteiger partial charge is 0.289 e. The van der Waals surface area contributed by atoms with Gasteiger partial charge in [-0.2, -0.15) is 5.10 Å². The highest BCUT2D eigenvalue weighted by atomic mass is 35.5. The number of carbonyl (C=O) groups excluding carboxylic acids is 1. The number of benzene rings is 2. The number of aromatic nitrogens is 5. The van der Waals surface area contributed by atoms with Crippen LogP contribution in [0.15, 0.2) is 67.1 Å². The molecule has 4 saturated carbocycles. The van der Waals surface area contributed by atoms with Gasteiger partial charge in [0.25, 0.3) is 5.91 Å². The number of hydrogen-bond acceptors (Lipinski definition) is 4. The van der Waals surface area contributed by atoms with Gasteiger partial charge in [0.15, 0.2) is 0 Å². The van der Waals surface area contributed by atoms with Crippen LogP contribution in [0, 0.1) is 17.8 Å². The molecule has 2 aromatic carbocycles. The lowest BCUT2D eigenvalue weighted by molar-refractivity contribution is -0.00765. The van der Waals surface area contributed by atoms with E-state index in [1.54, 1.807) is 11.0 Å². The molecule has 0 unspecified atom stereocenters. The molecule has 188 valence electrons. The second-order valence-electron chi connectivity index (χ2n) is 11.2. The van der Waals surface area contributed by atoms with E-state index in [-0.39, 0.29) is 17.3 Å². The molecular formula is C29H29ClN6O. The van der Waals surface area contributed by atoms with Gasteiger partial charge in [0, 0.05) is 16.6 Å². The Balaban J connectivity index is 1.19. The zero-order valence-electron chi connectivity index (χ0n) is 20.6. The minimum Gasteiger partial charge on any atom is -0.289 e. The minimum atomic E-state index is -0.201. The smallest absolute Gasteiger partial charge is 0.261 e. The average molecular weight is 513 g/mol. The predicted octanol–water partition coefficient (Wildman–Crippen LogP) is 5.89. The van der Waals surface area contributed by atoms with Gasteiger partial charge >= 0.3 is 0 Å². The summed E-state index contributed by atoms with van der Waals surface area (Å²) in [5.41, 5.74) is 3.55. The van der Waals surface area contributed by atoms with Crippen LogP contribution in [0.4, 0.5) is 5.95 Å². The van der Waals surface area contributed by atoms with E-state index in [0.717, 1.165) is 54.0 Å². The molecule has 0 spiro atoms. The van der Waals surface area contributed by atoms with Crippen LogP contribution in [0.1, 0.15) is 60.1 Å². The summed E-state index contributed by atoms with van der Waals surface area (Å²) < 4.78 is 3.57. The maximum Gasteiger partial charge on any atom is 0.261 e. The topological polar surface area (TPSA) is 77.6 Å². The zero-order valence-corrected chi connectivity index (χ0v) is 21.3. The summed E-state index contributed by atoms with van der Waals surface area (Å²) in [6.45, 7) is 0.522. The molecular weight excluding hydrogens is 484 g/mol. The molecule has 8 rings (SSSR count). The monoisotopic (exact) mass is 512 g/mol. The van der Waals surface area contributed by atoms with Crippen molar-refractivity contribution < 1.29 is 4.79 Å². The first kappa shape index (κ1) is 22.7. The SMILES string of the molecule is O=C(Nc1ncn(Cc2cccc(Cl)c2)n1)c1cn(-c2ccccc2)nc1C12CC3CC(CC(C3)C1)C2. The van der Waals surface area contributed by atoms with Gasteiger partial charge in [-0.3, -0.25) is 10.1 Å². The first-order chi connectivity index (χ1) is 18.0. The van der Waals surface area contributed by atoms with Gasteiger partial charge in [-0.25, -0.2) is 14.3 Å². The van der Waals surface area contributed by atoms with E-state index >= 15 is 0 Å². The van der Waals surface area contributed by atoms with Crippen molar-refractivity contribution in [2.24, 2.45) is 17.8 Å².